The highest BCUT2D eigenvalue weighted by molar-refractivity contribution is 7.09. The third-order valence-corrected chi connectivity index (χ3v) is 5.28. The molecule has 3 heterocycles. The number of aryl methyl sites for hydroxylation is 1. The summed E-state index contributed by atoms with van der Waals surface area (Å²) in [5, 5.41) is 3.22. The van der Waals surface area contributed by atoms with Gasteiger partial charge >= 0.3 is 0 Å². The van der Waals surface area contributed by atoms with Crippen molar-refractivity contribution in [3.8, 4) is 0 Å². The summed E-state index contributed by atoms with van der Waals surface area (Å²) in [6.45, 7) is 4.58. The number of fused-ring (bicyclic) bond motifs is 1. The Balaban J connectivity index is 1.46. The van der Waals surface area contributed by atoms with E-state index < -0.39 is 0 Å². The first-order chi connectivity index (χ1) is 10.8. The SMILES string of the molecule is Cn1cnc2c1[C@@H](COCC1CC1)CN(Cc1nccs1)C2. The lowest BCUT2D eigenvalue weighted by molar-refractivity contribution is 0.0867. The van der Waals surface area contributed by atoms with E-state index in [4.69, 9.17) is 4.74 Å². The van der Waals surface area contributed by atoms with Crippen LogP contribution < -0.4 is 0 Å². The predicted octanol–water partition coefficient (Wildman–Crippen LogP) is 2.40. The van der Waals surface area contributed by atoms with Crippen molar-refractivity contribution in [1.82, 2.24) is 19.4 Å². The second kappa shape index (κ2) is 6.10. The van der Waals surface area contributed by atoms with Crippen LogP contribution in [0.2, 0.25) is 0 Å². The Morgan fingerprint density at radius 1 is 1.32 bits per heavy atom. The number of imidazole rings is 1. The average Bonchev–Trinajstić information content (AvgIpc) is 3.04. The largest absolute Gasteiger partial charge is 0.380 e. The van der Waals surface area contributed by atoms with Crippen LogP contribution in [0.15, 0.2) is 17.9 Å². The summed E-state index contributed by atoms with van der Waals surface area (Å²) in [5.74, 6) is 1.23. The van der Waals surface area contributed by atoms with Crippen molar-refractivity contribution in [2.45, 2.75) is 31.8 Å². The van der Waals surface area contributed by atoms with Gasteiger partial charge in [0.15, 0.2) is 0 Å². The molecule has 0 saturated heterocycles. The van der Waals surface area contributed by atoms with Gasteiger partial charge in [0.2, 0.25) is 0 Å². The minimum absolute atomic E-state index is 0.412. The topological polar surface area (TPSA) is 43.2 Å². The van der Waals surface area contributed by atoms with E-state index in [1.165, 1.54) is 29.2 Å². The first-order valence-electron chi connectivity index (χ1n) is 7.98. The molecule has 22 heavy (non-hydrogen) atoms. The molecule has 0 bridgehead atoms. The van der Waals surface area contributed by atoms with Gasteiger partial charge in [0.1, 0.15) is 5.01 Å². The van der Waals surface area contributed by atoms with Gasteiger partial charge < -0.3 is 9.30 Å². The standard InChI is InChI=1S/C16H22N4OS/c1-19-11-18-14-7-20(8-15-17-4-5-22-15)6-13(16(14)19)10-21-9-12-2-3-12/h4-5,11-13H,2-3,6-10H2,1H3/t13-/m1/s1. The van der Waals surface area contributed by atoms with Gasteiger partial charge in [-0.3, -0.25) is 4.90 Å². The molecular weight excluding hydrogens is 296 g/mol. The third-order valence-electron chi connectivity index (χ3n) is 4.51. The Morgan fingerprint density at radius 3 is 3.00 bits per heavy atom. The number of rotatable bonds is 6. The zero-order valence-corrected chi connectivity index (χ0v) is 13.8. The Kier molecular flexibility index (Phi) is 3.98. The van der Waals surface area contributed by atoms with Gasteiger partial charge in [-0.05, 0) is 18.8 Å². The molecule has 1 atom stereocenters. The van der Waals surface area contributed by atoms with Crippen molar-refractivity contribution >= 4 is 11.3 Å². The van der Waals surface area contributed by atoms with E-state index in [0.29, 0.717) is 5.92 Å². The van der Waals surface area contributed by atoms with Gasteiger partial charge in [-0.1, -0.05) is 0 Å². The van der Waals surface area contributed by atoms with Crippen molar-refractivity contribution in [3.05, 3.63) is 34.3 Å². The van der Waals surface area contributed by atoms with Crippen molar-refractivity contribution in [2.75, 3.05) is 19.8 Å². The van der Waals surface area contributed by atoms with E-state index in [2.05, 4.69) is 26.5 Å². The van der Waals surface area contributed by atoms with Crippen LogP contribution in [0.4, 0.5) is 0 Å². The Bertz CT molecular complexity index is 620. The lowest BCUT2D eigenvalue weighted by atomic mass is 9.99. The first-order valence-corrected chi connectivity index (χ1v) is 8.86. The maximum atomic E-state index is 5.98. The fourth-order valence-electron chi connectivity index (χ4n) is 3.24. The quantitative estimate of drug-likeness (QED) is 0.820. The van der Waals surface area contributed by atoms with Gasteiger partial charge in [-0.25, -0.2) is 9.97 Å². The van der Waals surface area contributed by atoms with E-state index >= 15 is 0 Å². The van der Waals surface area contributed by atoms with Crippen LogP contribution >= 0.6 is 11.3 Å². The van der Waals surface area contributed by atoms with Gasteiger partial charge in [0.05, 0.1) is 25.2 Å². The molecule has 2 aliphatic rings. The molecule has 4 rings (SSSR count). The third kappa shape index (κ3) is 3.09. The maximum absolute atomic E-state index is 5.98. The molecule has 2 aromatic heterocycles. The van der Waals surface area contributed by atoms with E-state index in [1.807, 2.05) is 17.9 Å². The highest BCUT2D eigenvalue weighted by Gasteiger charge is 2.30. The van der Waals surface area contributed by atoms with E-state index in [1.54, 1.807) is 11.3 Å². The highest BCUT2D eigenvalue weighted by atomic mass is 32.1. The molecule has 6 heteroatoms. The van der Waals surface area contributed by atoms with Gasteiger partial charge in [-0.2, -0.15) is 0 Å². The molecule has 0 spiro atoms. The zero-order chi connectivity index (χ0) is 14.9. The molecule has 1 aliphatic heterocycles. The Morgan fingerprint density at radius 2 is 2.23 bits per heavy atom. The molecule has 1 saturated carbocycles. The molecule has 1 fully saturated rings. The number of thiazole rings is 1. The van der Waals surface area contributed by atoms with E-state index in [0.717, 1.165) is 38.8 Å². The van der Waals surface area contributed by atoms with Crippen LogP contribution in [0.1, 0.15) is 35.2 Å². The molecule has 0 N–H and O–H groups in total. The zero-order valence-electron chi connectivity index (χ0n) is 12.9. The molecule has 0 unspecified atom stereocenters. The molecule has 0 aromatic carbocycles. The molecule has 1 aliphatic carbocycles. The number of hydrogen-bond acceptors (Lipinski definition) is 5. The Labute approximate surface area is 134 Å². The fraction of sp³-hybridized carbons (Fsp3) is 0.625. The van der Waals surface area contributed by atoms with Gasteiger partial charge in [0, 0.05) is 49.9 Å². The van der Waals surface area contributed by atoms with Crippen molar-refractivity contribution < 1.29 is 4.74 Å². The van der Waals surface area contributed by atoms with Crippen LogP contribution in [0.5, 0.6) is 0 Å². The van der Waals surface area contributed by atoms with Gasteiger partial charge in [-0.15, -0.1) is 11.3 Å². The summed E-state index contributed by atoms with van der Waals surface area (Å²) in [6, 6.07) is 0. The van der Waals surface area contributed by atoms with Crippen LogP contribution in [-0.4, -0.2) is 39.2 Å². The van der Waals surface area contributed by atoms with Crippen molar-refractivity contribution in [3.63, 3.8) is 0 Å². The lowest BCUT2D eigenvalue weighted by Crippen LogP contribution is -2.36. The minimum Gasteiger partial charge on any atom is -0.380 e. The Hall–Kier alpha value is -1.24. The van der Waals surface area contributed by atoms with Gasteiger partial charge in [0.25, 0.3) is 0 Å². The second-order valence-electron chi connectivity index (χ2n) is 6.46. The smallest absolute Gasteiger partial charge is 0.107 e. The van der Waals surface area contributed by atoms with Crippen LogP contribution in [0.25, 0.3) is 0 Å². The molecule has 5 nitrogen and oxygen atoms in total. The molecule has 2 aromatic rings. The monoisotopic (exact) mass is 318 g/mol. The molecule has 0 radical (unpaired) electrons. The molecule has 0 amide bonds. The van der Waals surface area contributed by atoms with E-state index in [9.17, 15) is 0 Å². The summed E-state index contributed by atoms with van der Waals surface area (Å²) in [6.07, 6.45) is 6.51. The normalized spacial score (nSPS) is 22.0. The number of hydrogen-bond donors (Lipinski definition) is 0. The number of nitrogens with zero attached hydrogens (tertiary/aromatic N) is 4. The average molecular weight is 318 g/mol. The maximum Gasteiger partial charge on any atom is 0.107 e. The number of aromatic nitrogens is 3. The van der Waals surface area contributed by atoms with Crippen molar-refractivity contribution in [2.24, 2.45) is 13.0 Å². The minimum atomic E-state index is 0.412. The summed E-state index contributed by atoms with van der Waals surface area (Å²) >= 11 is 1.72. The first kappa shape index (κ1) is 14.4. The molecular formula is C16H22N4OS. The summed E-state index contributed by atoms with van der Waals surface area (Å²) in [4.78, 5) is 11.4. The lowest BCUT2D eigenvalue weighted by Gasteiger charge is -2.32. The summed E-state index contributed by atoms with van der Waals surface area (Å²) < 4.78 is 8.15. The highest BCUT2D eigenvalue weighted by Crippen LogP contribution is 2.31. The fourth-order valence-corrected chi connectivity index (χ4v) is 3.90. The second-order valence-corrected chi connectivity index (χ2v) is 7.44. The van der Waals surface area contributed by atoms with Crippen LogP contribution in [0.3, 0.4) is 0 Å². The van der Waals surface area contributed by atoms with Crippen molar-refractivity contribution in [1.29, 1.82) is 0 Å². The van der Waals surface area contributed by atoms with E-state index in [-0.39, 0.29) is 0 Å². The van der Waals surface area contributed by atoms with Crippen LogP contribution in [-0.2, 0) is 24.9 Å². The number of ether oxygens (including phenoxy) is 1. The predicted molar refractivity (Wildman–Crippen MR) is 85.7 cm³/mol. The summed E-state index contributed by atoms with van der Waals surface area (Å²) in [5.41, 5.74) is 2.55. The summed E-state index contributed by atoms with van der Waals surface area (Å²) in [7, 11) is 2.09. The molecule has 118 valence electrons. The van der Waals surface area contributed by atoms with Crippen LogP contribution in [0, 0.1) is 5.92 Å².